The Labute approximate surface area is 214 Å². The van der Waals surface area contributed by atoms with Crippen molar-refractivity contribution in [2.45, 2.75) is 79.1 Å². The highest BCUT2D eigenvalue weighted by atomic mass is 14.8. The molecule has 0 spiro atoms. The van der Waals surface area contributed by atoms with Crippen molar-refractivity contribution in [3.63, 3.8) is 0 Å². The van der Waals surface area contributed by atoms with Crippen LogP contribution in [0, 0.1) is 20.8 Å². The summed E-state index contributed by atoms with van der Waals surface area (Å²) in [6.45, 7) is 8.69. The highest BCUT2D eigenvalue weighted by Crippen LogP contribution is 2.26. The summed E-state index contributed by atoms with van der Waals surface area (Å²) in [5.74, 6) is 0. The fraction of sp³-hybridized carbons (Fsp3) is 0.375. The number of nitrogens with zero attached hydrogens (tertiary/aromatic N) is 2. The van der Waals surface area contributed by atoms with Crippen molar-refractivity contribution in [1.29, 1.82) is 0 Å². The molecule has 0 radical (unpaired) electrons. The molecule has 36 heavy (non-hydrogen) atoms. The second-order valence-corrected chi connectivity index (χ2v) is 10.2. The summed E-state index contributed by atoms with van der Waals surface area (Å²) in [5.41, 5.74) is 13.4. The van der Waals surface area contributed by atoms with Crippen molar-refractivity contribution in [1.82, 2.24) is 19.9 Å². The van der Waals surface area contributed by atoms with E-state index >= 15 is 0 Å². The minimum absolute atomic E-state index is 0.985. The molecule has 4 nitrogen and oxygen atoms in total. The van der Waals surface area contributed by atoms with Crippen LogP contribution in [0.25, 0.3) is 46.4 Å². The number of fused-ring (bicyclic) bond motifs is 8. The molecule has 0 amide bonds. The minimum Gasteiger partial charge on any atom is -0.355 e. The lowest BCUT2D eigenvalue weighted by molar-refractivity contribution is 0.590. The second kappa shape index (κ2) is 10.7. The van der Waals surface area contributed by atoms with Gasteiger partial charge in [-0.25, -0.2) is 9.97 Å². The van der Waals surface area contributed by atoms with Crippen molar-refractivity contribution >= 4 is 46.4 Å². The number of hydrogen-bond donors (Lipinski definition) is 2. The highest BCUT2D eigenvalue weighted by molar-refractivity contribution is 5.82. The molecule has 4 heteroatoms. The van der Waals surface area contributed by atoms with E-state index in [2.05, 4.69) is 86.2 Å². The molecule has 0 saturated carbocycles. The lowest BCUT2D eigenvalue weighted by Crippen LogP contribution is -1.90. The Kier molecular flexibility index (Phi) is 7.22. The molecule has 2 aliphatic heterocycles. The van der Waals surface area contributed by atoms with Gasteiger partial charge >= 0.3 is 0 Å². The second-order valence-electron chi connectivity index (χ2n) is 10.2. The molecule has 8 bridgehead atoms. The maximum Gasteiger partial charge on any atom is 0.0688 e. The highest BCUT2D eigenvalue weighted by Gasteiger charge is 2.12. The van der Waals surface area contributed by atoms with Crippen molar-refractivity contribution in [2.24, 2.45) is 0 Å². The number of nitrogens with one attached hydrogen (secondary N) is 2. The smallest absolute Gasteiger partial charge is 0.0688 e. The first kappa shape index (κ1) is 24.3. The van der Waals surface area contributed by atoms with Crippen LogP contribution in [0.3, 0.4) is 0 Å². The predicted octanol–water partition coefficient (Wildman–Crippen LogP) is 8.87. The number of aromatic amines is 2. The molecule has 3 aromatic rings. The molecule has 5 rings (SSSR count). The lowest BCUT2D eigenvalue weighted by Gasteiger charge is -2.04. The number of hydrogen-bond acceptors (Lipinski definition) is 2. The number of rotatable bonds is 8. The summed E-state index contributed by atoms with van der Waals surface area (Å²) in [7, 11) is 0. The summed E-state index contributed by atoms with van der Waals surface area (Å²) in [6, 6.07) is 8.86. The quantitative estimate of drug-likeness (QED) is 0.219. The predicted molar refractivity (Wildman–Crippen MR) is 155 cm³/mol. The fourth-order valence-electron chi connectivity index (χ4n) is 5.22. The fourth-order valence-corrected chi connectivity index (χ4v) is 5.22. The van der Waals surface area contributed by atoms with Crippen LogP contribution >= 0.6 is 0 Å². The molecule has 0 saturated heterocycles. The van der Waals surface area contributed by atoms with Gasteiger partial charge in [0.05, 0.1) is 22.8 Å². The van der Waals surface area contributed by atoms with E-state index in [1.165, 1.54) is 61.5 Å². The van der Waals surface area contributed by atoms with Crippen LogP contribution in [-0.4, -0.2) is 19.9 Å². The number of unbranched alkanes of at least 4 members (excludes halogenated alkanes) is 6. The molecule has 186 valence electrons. The molecule has 0 fully saturated rings. The molecule has 2 aliphatic rings. The first-order valence-electron chi connectivity index (χ1n) is 13.6. The lowest BCUT2D eigenvalue weighted by atomic mass is 10.0. The van der Waals surface area contributed by atoms with Crippen LogP contribution in [0.1, 0.15) is 96.9 Å². The van der Waals surface area contributed by atoms with E-state index in [1.54, 1.807) is 0 Å². The van der Waals surface area contributed by atoms with Crippen LogP contribution in [0.2, 0.25) is 0 Å². The van der Waals surface area contributed by atoms with E-state index < -0.39 is 0 Å². The zero-order valence-corrected chi connectivity index (χ0v) is 22.2. The standard InChI is InChI=1S/C32H38N4/c1-5-6-7-8-9-10-11-12-24-31-19-17-29(35-31)22(3)27-15-13-25(33-27)21(2)26-14-16-28(34-26)23(4)30-18-20-32(24)36-30/h13-20,35-36H,5-12H2,1-4H3. The number of aryl methyl sites for hydroxylation is 3. The van der Waals surface area contributed by atoms with Gasteiger partial charge in [-0.1, -0.05) is 45.4 Å². The third-order valence-electron chi connectivity index (χ3n) is 7.68. The Morgan fingerprint density at radius 2 is 0.944 bits per heavy atom. The van der Waals surface area contributed by atoms with Gasteiger partial charge in [0, 0.05) is 27.6 Å². The molecule has 0 aromatic carbocycles. The van der Waals surface area contributed by atoms with E-state index in [-0.39, 0.29) is 0 Å². The maximum absolute atomic E-state index is 4.96. The van der Waals surface area contributed by atoms with Gasteiger partial charge in [-0.15, -0.1) is 0 Å². The topological polar surface area (TPSA) is 57.4 Å². The average molecular weight is 479 g/mol. The van der Waals surface area contributed by atoms with E-state index in [9.17, 15) is 0 Å². The normalized spacial score (nSPS) is 12.6. The molecule has 0 unspecified atom stereocenters. The number of H-pyrrole nitrogens is 2. The maximum atomic E-state index is 4.96. The SMILES string of the molecule is CCCCCCCCCc1c2ccc([nH]2)c(C)c2nc(c(C)c3nc(c(C)c4ccc1[nH]4)C=C3)C=C2. The molecule has 0 aliphatic carbocycles. The molecule has 0 atom stereocenters. The Balaban J connectivity index is 1.64. The van der Waals surface area contributed by atoms with E-state index in [0.717, 1.165) is 56.9 Å². The van der Waals surface area contributed by atoms with E-state index in [1.807, 2.05) is 0 Å². The largest absolute Gasteiger partial charge is 0.355 e. The Bertz CT molecular complexity index is 1380. The van der Waals surface area contributed by atoms with Gasteiger partial charge in [0.25, 0.3) is 0 Å². The number of aromatic nitrogens is 4. The molecule has 2 N–H and O–H groups in total. The van der Waals surface area contributed by atoms with Crippen molar-refractivity contribution in [3.05, 3.63) is 69.3 Å². The van der Waals surface area contributed by atoms with Gasteiger partial charge < -0.3 is 9.97 Å². The van der Waals surface area contributed by atoms with Crippen LogP contribution in [-0.2, 0) is 6.42 Å². The van der Waals surface area contributed by atoms with Crippen molar-refractivity contribution in [3.8, 4) is 0 Å². The molecular formula is C32H38N4. The van der Waals surface area contributed by atoms with Crippen LogP contribution in [0.5, 0.6) is 0 Å². The van der Waals surface area contributed by atoms with Crippen molar-refractivity contribution < 1.29 is 0 Å². The zero-order chi connectivity index (χ0) is 25.1. The van der Waals surface area contributed by atoms with Crippen LogP contribution < -0.4 is 0 Å². The van der Waals surface area contributed by atoms with Crippen LogP contribution in [0.15, 0.2) is 24.3 Å². The molecular weight excluding hydrogens is 440 g/mol. The Hall–Kier alpha value is -3.40. The molecule has 5 heterocycles. The van der Waals surface area contributed by atoms with Gasteiger partial charge in [-0.2, -0.15) is 0 Å². The van der Waals surface area contributed by atoms with Crippen molar-refractivity contribution in [2.75, 3.05) is 0 Å². The minimum atomic E-state index is 0.985. The monoisotopic (exact) mass is 478 g/mol. The summed E-state index contributed by atoms with van der Waals surface area (Å²) in [4.78, 5) is 17.4. The van der Waals surface area contributed by atoms with Crippen LogP contribution in [0.4, 0.5) is 0 Å². The van der Waals surface area contributed by atoms with Gasteiger partial charge in [0.2, 0.25) is 0 Å². The van der Waals surface area contributed by atoms with Gasteiger partial charge in [-0.3, -0.25) is 0 Å². The Morgan fingerprint density at radius 3 is 1.44 bits per heavy atom. The third-order valence-corrected chi connectivity index (χ3v) is 7.68. The van der Waals surface area contributed by atoms with Gasteiger partial charge in [0.1, 0.15) is 0 Å². The first-order chi connectivity index (χ1) is 17.5. The summed E-state index contributed by atoms with van der Waals surface area (Å²) in [5, 5.41) is 0. The van der Waals surface area contributed by atoms with E-state index in [4.69, 9.17) is 9.97 Å². The summed E-state index contributed by atoms with van der Waals surface area (Å²) < 4.78 is 0. The zero-order valence-electron chi connectivity index (χ0n) is 22.2. The summed E-state index contributed by atoms with van der Waals surface area (Å²) >= 11 is 0. The first-order valence-corrected chi connectivity index (χ1v) is 13.6. The van der Waals surface area contributed by atoms with Gasteiger partial charge in [-0.05, 0) is 98.9 Å². The summed E-state index contributed by atoms with van der Waals surface area (Å²) in [6.07, 6.45) is 18.7. The van der Waals surface area contributed by atoms with Gasteiger partial charge in [0.15, 0.2) is 0 Å². The average Bonchev–Trinajstić information content (AvgIpc) is 3.69. The third kappa shape index (κ3) is 4.95. The Morgan fingerprint density at radius 1 is 0.528 bits per heavy atom. The van der Waals surface area contributed by atoms with E-state index in [0.29, 0.717) is 0 Å². The molecule has 3 aromatic heterocycles.